The molecule has 0 bridgehead atoms. The molecule has 3 aromatic carbocycles. The summed E-state index contributed by atoms with van der Waals surface area (Å²) in [5, 5.41) is 11.5. The lowest BCUT2D eigenvalue weighted by molar-refractivity contribution is 0.429. The van der Waals surface area contributed by atoms with E-state index >= 15 is 0 Å². The molecule has 0 heterocycles. The monoisotopic (exact) mass is 424 g/mol. The summed E-state index contributed by atoms with van der Waals surface area (Å²) in [5.74, 6) is 0.0441. The second-order valence-electron chi connectivity index (χ2n) is 8.73. The fourth-order valence-electron chi connectivity index (χ4n) is 4.26. The van der Waals surface area contributed by atoms with Crippen LogP contribution in [0.4, 0.5) is 0 Å². The van der Waals surface area contributed by atoms with Crippen molar-refractivity contribution in [3.8, 4) is 5.75 Å². The first-order valence-corrected chi connectivity index (χ1v) is 11.3. The third-order valence-corrected chi connectivity index (χ3v) is 7.06. The van der Waals surface area contributed by atoms with Gasteiger partial charge in [0.15, 0.2) is 0 Å². The molecule has 0 atom stereocenters. The summed E-state index contributed by atoms with van der Waals surface area (Å²) in [4.78, 5) is -0.182. The molecule has 0 aliphatic rings. The second kappa shape index (κ2) is 7.56. The van der Waals surface area contributed by atoms with Gasteiger partial charge >= 0.3 is 0 Å². The van der Waals surface area contributed by atoms with Crippen LogP contribution in [0.25, 0.3) is 0 Å². The van der Waals surface area contributed by atoms with Crippen molar-refractivity contribution >= 4 is 10.1 Å². The minimum absolute atomic E-state index is 0.0441. The predicted molar refractivity (Wildman–Crippen MR) is 120 cm³/mol. The van der Waals surface area contributed by atoms with E-state index in [2.05, 4.69) is 0 Å². The Hall–Kier alpha value is -2.63. The van der Waals surface area contributed by atoms with Gasteiger partial charge in [-0.15, -0.1) is 0 Å². The van der Waals surface area contributed by atoms with Gasteiger partial charge in [-0.2, -0.15) is 8.42 Å². The lowest BCUT2D eigenvalue weighted by atomic mass is 9.71. The van der Waals surface area contributed by atoms with Crippen molar-refractivity contribution in [2.75, 3.05) is 0 Å². The molecule has 0 saturated heterocycles. The van der Waals surface area contributed by atoms with Crippen LogP contribution in [0.15, 0.2) is 71.6 Å². The highest BCUT2D eigenvalue weighted by Gasteiger charge is 2.36. The summed E-state index contributed by atoms with van der Waals surface area (Å²) in [7, 11) is -4.49. The van der Waals surface area contributed by atoms with E-state index in [9.17, 15) is 18.1 Å². The molecule has 3 rings (SSSR count). The Kier molecular flexibility index (Phi) is 5.56. The molecular formula is C25H28O4S. The average molecular weight is 425 g/mol. The van der Waals surface area contributed by atoms with Gasteiger partial charge in [0, 0.05) is 22.0 Å². The molecule has 0 unspecified atom stereocenters. The third kappa shape index (κ3) is 3.75. The van der Waals surface area contributed by atoms with Crippen molar-refractivity contribution in [3.63, 3.8) is 0 Å². The molecule has 0 amide bonds. The topological polar surface area (TPSA) is 74.6 Å². The van der Waals surface area contributed by atoms with Gasteiger partial charge in [0.05, 0.1) is 4.90 Å². The fraction of sp³-hybridized carbons (Fsp3) is 0.280. The van der Waals surface area contributed by atoms with Crippen molar-refractivity contribution in [2.24, 2.45) is 0 Å². The minimum Gasteiger partial charge on any atom is -0.507 e. The number of aromatic hydroxyl groups is 1. The SMILES string of the molecule is Cc1c(S(=O)(=O)O)cc(C(C)(C)c2ccccc2)c(O)c1C(C)(C)c1ccccc1. The van der Waals surface area contributed by atoms with Crippen LogP contribution < -0.4 is 0 Å². The van der Waals surface area contributed by atoms with Crippen molar-refractivity contribution in [1.29, 1.82) is 0 Å². The summed E-state index contributed by atoms with van der Waals surface area (Å²) in [6.07, 6.45) is 0. The highest BCUT2D eigenvalue weighted by molar-refractivity contribution is 7.85. The minimum atomic E-state index is -4.49. The van der Waals surface area contributed by atoms with Gasteiger partial charge in [-0.25, -0.2) is 0 Å². The Balaban J connectivity index is 2.41. The van der Waals surface area contributed by atoms with Crippen molar-refractivity contribution in [3.05, 3.63) is 94.5 Å². The number of rotatable bonds is 5. The zero-order valence-electron chi connectivity index (χ0n) is 18.0. The Bertz CT molecular complexity index is 1160. The molecule has 0 saturated carbocycles. The highest BCUT2D eigenvalue weighted by atomic mass is 32.2. The Labute approximate surface area is 179 Å². The first-order chi connectivity index (χ1) is 13.9. The average Bonchev–Trinajstić information content (AvgIpc) is 2.68. The van der Waals surface area contributed by atoms with Crippen molar-refractivity contribution in [1.82, 2.24) is 0 Å². The van der Waals surface area contributed by atoms with E-state index in [1.54, 1.807) is 6.92 Å². The van der Waals surface area contributed by atoms with Crippen LogP contribution in [-0.2, 0) is 20.9 Å². The fourth-order valence-corrected chi connectivity index (χ4v) is 5.02. The van der Waals surface area contributed by atoms with Crippen LogP contribution in [0.3, 0.4) is 0 Å². The number of phenolic OH excluding ortho intramolecular Hbond substituents is 1. The molecule has 2 N–H and O–H groups in total. The maximum absolute atomic E-state index is 12.3. The van der Waals surface area contributed by atoms with Crippen LogP contribution in [0, 0.1) is 6.92 Å². The first kappa shape index (κ1) is 22.1. The standard InChI is InChI=1S/C25H28O4S/c1-17-21(30(27,28)29)16-20(24(2,3)18-12-8-6-9-13-18)23(26)22(17)25(4,5)19-14-10-7-11-15-19/h6-16,26H,1-5H3,(H,27,28,29). The largest absolute Gasteiger partial charge is 0.507 e. The summed E-state index contributed by atoms with van der Waals surface area (Å²) in [5.41, 5.74) is 1.75. The molecule has 4 nitrogen and oxygen atoms in total. The van der Waals surface area contributed by atoms with E-state index in [0.717, 1.165) is 11.1 Å². The second-order valence-corrected chi connectivity index (χ2v) is 10.1. The highest BCUT2D eigenvalue weighted by Crippen LogP contribution is 2.47. The molecule has 30 heavy (non-hydrogen) atoms. The molecule has 0 radical (unpaired) electrons. The Morgan fingerprint density at radius 2 is 1.20 bits per heavy atom. The van der Waals surface area contributed by atoms with E-state index in [1.807, 2.05) is 88.4 Å². The zero-order chi connectivity index (χ0) is 22.3. The first-order valence-electron chi connectivity index (χ1n) is 9.84. The van der Waals surface area contributed by atoms with Crippen LogP contribution in [0.1, 0.15) is 55.5 Å². The lowest BCUT2D eigenvalue weighted by Gasteiger charge is -2.34. The lowest BCUT2D eigenvalue weighted by Crippen LogP contribution is -2.26. The molecule has 0 aliphatic heterocycles. The Morgan fingerprint density at radius 3 is 1.63 bits per heavy atom. The summed E-state index contributed by atoms with van der Waals surface area (Å²) < 4.78 is 34.5. The van der Waals surface area contributed by atoms with Crippen LogP contribution >= 0.6 is 0 Å². The predicted octanol–water partition coefficient (Wildman–Crippen LogP) is 5.60. The molecule has 3 aromatic rings. The number of hydrogen-bond donors (Lipinski definition) is 2. The van der Waals surface area contributed by atoms with Gasteiger partial charge in [-0.1, -0.05) is 88.4 Å². The quantitative estimate of drug-likeness (QED) is 0.523. The molecule has 0 fully saturated rings. The maximum Gasteiger partial charge on any atom is 0.294 e. The maximum atomic E-state index is 12.3. The molecule has 0 spiro atoms. The molecule has 0 aromatic heterocycles. The van der Waals surface area contributed by atoms with Crippen molar-refractivity contribution in [2.45, 2.75) is 50.3 Å². The molecule has 158 valence electrons. The summed E-state index contributed by atoms with van der Waals surface area (Å²) >= 11 is 0. The van der Waals surface area contributed by atoms with Gasteiger partial charge in [-0.3, -0.25) is 4.55 Å². The van der Waals surface area contributed by atoms with Gasteiger partial charge in [0.25, 0.3) is 10.1 Å². The van der Waals surface area contributed by atoms with E-state index in [0.29, 0.717) is 16.7 Å². The molecular weight excluding hydrogens is 396 g/mol. The van der Waals surface area contributed by atoms with Gasteiger partial charge in [0.2, 0.25) is 0 Å². The third-order valence-electron chi connectivity index (χ3n) is 6.08. The van der Waals surface area contributed by atoms with E-state index < -0.39 is 20.9 Å². The summed E-state index contributed by atoms with van der Waals surface area (Å²) in [6, 6.07) is 20.6. The van der Waals surface area contributed by atoms with Crippen LogP contribution in [0.2, 0.25) is 0 Å². The van der Waals surface area contributed by atoms with E-state index in [4.69, 9.17) is 0 Å². The zero-order valence-corrected chi connectivity index (χ0v) is 18.8. The van der Waals surface area contributed by atoms with Gasteiger partial charge in [-0.05, 0) is 29.7 Å². The Morgan fingerprint density at radius 1 is 0.767 bits per heavy atom. The van der Waals surface area contributed by atoms with Gasteiger partial charge in [0.1, 0.15) is 5.75 Å². The van der Waals surface area contributed by atoms with Crippen LogP contribution in [-0.4, -0.2) is 18.1 Å². The number of hydrogen-bond acceptors (Lipinski definition) is 3. The summed E-state index contributed by atoms with van der Waals surface area (Å²) in [6.45, 7) is 9.37. The van der Waals surface area contributed by atoms with E-state index in [-0.39, 0.29) is 10.6 Å². The van der Waals surface area contributed by atoms with Gasteiger partial charge < -0.3 is 5.11 Å². The normalized spacial score (nSPS) is 12.7. The molecule has 5 heteroatoms. The number of phenols is 1. The molecule has 0 aliphatic carbocycles. The van der Waals surface area contributed by atoms with E-state index in [1.165, 1.54) is 6.07 Å². The van der Waals surface area contributed by atoms with Crippen LogP contribution in [0.5, 0.6) is 5.75 Å². The van der Waals surface area contributed by atoms with Crippen molar-refractivity contribution < 1.29 is 18.1 Å². The number of benzene rings is 3. The smallest absolute Gasteiger partial charge is 0.294 e.